The second-order valence-electron chi connectivity index (χ2n) is 12.6. The quantitative estimate of drug-likeness (QED) is 0.126. The highest BCUT2D eigenvalue weighted by Gasteiger charge is 2.32. The molecular weight excluding hydrogens is 618 g/mol. The number of carbonyl (C=O) groups excluding carboxylic acids is 4. The van der Waals surface area contributed by atoms with Gasteiger partial charge >= 0.3 is 0 Å². The number of fused-ring (bicyclic) bond motifs is 1. The lowest BCUT2D eigenvalue weighted by molar-refractivity contribution is -0.115. The molecule has 1 aromatic heterocycles. The standard InChI is InChI=1S/C39H45N5O5/c1-4-6-19-42(20-7-5-2)39(49)34-21-27(3)44(41-34)35-18-17-31(40-37(47)24-36(46)28-13-9-8-10-14-28)23-33(35)38(48)43-25-30-16-12-11-15-29(30)22-32(43)26-45/h8-18,21,23,32,45H,4-7,19-20,22,24-26H2,1-3H3,(H,40,47)/t32-/m0/s1. The molecule has 3 amide bonds. The van der Waals surface area contributed by atoms with E-state index in [1.807, 2.05) is 36.1 Å². The molecule has 0 spiro atoms. The summed E-state index contributed by atoms with van der Waals surface area (Å²) in [5.74, 6) is -1.34. The molecule has 10 heteroatoms. The summed E-state index contributed by atoms with van der Waals surface area (Å²) in [7, 11) is 0. The minimum atomic E-state index is -0.512. The third kappa shape index (κ3) is 8.32. The van der Waals surface area contributed by atoms with Crippen molar-refractivity contribution in [3.8, 4) is 5.69 Å². The molecule has 5 rings (SSSR count). The molecule has 1 atom stereocenters. The second-order valence-corrected chi connectivity index (χ2v) is 12.6. The highest BCUT2D eigenvalue weighted by molar-refractivity contribution is 6.11. The summed E-state index contributed by atoms with van der Waals surface area (Å²) in [5.41, 5.74) is 4.48. The number of aliphatic hydroxyl groups excluding tert-OH is 1. The Hall–Kier alpha value is -5.09. The molecule has 0 unspecified atom stereocenters. The summed E-state index contributed by atoms with van der Waals surface area (Å²) in [5, 5.41) is 17.9. The number of hydrogen-bond donors (Lipinski definition) is 2. The average molecular weight is 664 g/mol. The summed E-state index contributed by atoms with van der Waals surface area (Å²) in [6.07, 6.45) is 3.85. The van der Waals surface area contributed by atoms with Gasteiger partial charge in [-0.3, -0.25) is 19.2 Å². The maximum atomic E-state index is 14.5. The van der Waals surface area contributed by atoms with E-state index in [9.17, 15) is 24.3 Å². The molecule has 49 heavy (non-hydrogen) atoms. The number of ketones is 1. The predicted octanol–water partition coefficient (Wildman–Crippen LogP) is 5.99. The zero-order valence-electron chi connectivity index (χ0n) is 28.5. The topological polar surface area (TPSA) is 125 Å². The summed E-state index contributed by atoms with van der Waals surface area (Å²) in [6.45, 7) is 7.38. The van der Waals surface area contributed by atoms with Gasteiger partial charge in [0.05, 0.1) is 30.3 Å². The van der Waals surface area contributed by atoms with E-state index in [4.69, 9.17) is 5.10 Å². The molecule has 0 saturated carbocycles. The van der Waals surface area contributed by atoms with Gasteiger partial charge in [0.25, 0.3) is 11.8 Å². The molecule has 10 nitrogen and oxygen atoms in total. The Labute approximate surface area is 287 Å². The number of benzene rings is 3. The largest absolute Gasteiger partial charge is 0.394 e. The molecule has 0 bridgehead atoms. The van der Waals surface area contributed by atoms with Gasteiger partial charge in [0.15, 0.2) is 11.5 Å². The monoisotopic (exact) mass is 663 g/mol. The minimum absolute atomic E-state index is 0.156. The van der Waals surface area contributed by atoms with E-state index in [-0.39, 0.29) is 36.2 Å². The molecule has 0 aliphatic carbocycles. The number of aromatic nitrogens is 2. The second kappa shape index (κ2) is 16.3. The number of unbranched alkanes of at least 4 members (excludes halogenated alkanes) is 2. The normalized spacial score (nSPS) is 13.9. The van der Waals surface area contributed by atoms with E-state index in [0.29, 0.717) is 54.4 Å². The first-order chi connectivity index (χ1) is 23.7. The van der Waals surface area contributed by atoms with Crippen molar-refractivity contribution in [1.82, 2.24) is 19.6 Å². The van der Waals surface area contributed by atoms with Crippen molar-refractivity contribution in [2.75, 3.05) is 25.0 Å². The number of anilines is 1. The van der Waals surface area contributed by atoms with Crippen LogP contribution in [0.2, 0.25) is 0 Å². The van der Waals surface area contributed by atoms with E-state index >= 15 is 0 Å². The van der Waals surface area contributed by atoms with Crippen LogP contribution in [0, 0.1) is 6.92 Å². The lowest BCUT2D eigenvalue weighted by Crippen LogP contribution is -2.46. The smallest absolute Gasteiger partial charge is 0.274 e. The fourth-order valence-electron chi connectivity index (χ4n) is 6.19. The molecule has 1 aliphatic heterocycles. The Morgan fingerprint density at radius 2 is 1.57 bits per heavy atom. The molecule has 0 radical (unpaired) electrons. The first-order valence-corrected chi connectivity index (χ1v) is 17.1. The molecule has 1 aliphatic rings. The van der Waals surface area contributed by atoms with Gasteiger partial charge in [0.2, 0.25) is 5.91 Å². The van der Waals surface area contributed by atoms with Gasteiger partial charge < -0.3 is 20.2 Å². The van der Waals surface area contributed by atoms with Gasteiger partial charge in [-0.05, 0) is 61.6 Å². The van der Waals surface area contributed by atoms with E-state index in [1.54, 1.807) is 64.2 Å². The maximum absolute atomic E-state index is 14.5. The Bertz CT molecular complexity index is 1790. The van der Waals surface area contributed by atoms with E-state index in [2.05, 4.69) is 19.2 Å². The first kappa shape index (κ1) is 35.2. The third-order valence-corrected chi connectivity index (χ3v) is 8.94. The SMILES string of the molecule is CCCCN(CCCC)C(=O)c1cc(C)n(-c2ccc(NC(=O)CC(=O)c3ccccc3)cc2C(=O)N2Cc3ccccc3C[C@H]2CO)n1. The molecule has 256 valence electrons. The zero-order chi connectivity index (χ0) is 34.9. The number of nitrogens with one attached hydrogen (secondary N) is 1. The Kier molecular flexibility index (Phi) is 11.7. The van der Waals surface area contributed by atoms with Gasteiger partial charge in [-0.25, -0.2) is 4.68 Å². The van der Waals surface area contributed by atoms with Crippen LogP contribution in [-0.4, -0.2) is 73.9 Å². The van der Waals surface area contributed by atoms with Crippen LogP contribution in [0.3, 0.4) is 0 Å². The van der Waals surface area contributed by atoms with E-state index in [0.717, 1.165) is 36.8 Å². The van der Waals surface area contributed by atoms with Crippen molar-refractivity contribution in [2.45, 2.75) is 71.9 Å². The van der Waals surface area contributed by atoms with Gasteiger partial charge in [0, 0.05) is 36.6 Å². The number of amides is 3. The maximum Gasteiger partial charge on any atom is 0.274 e. The lowest BCUT2D eigenvalue weighted by atomic mass is 9.93. The van der Waals surface area contributed by atoms with Crippen LogP contribution in [0.15, 0.2) is 78.9 Å². The number of aryl methyl sites for hydroxylation is 1. The summed E-state index contributed by atoms with van der Waals surface area (Å²) >= 11 is 0. The van der Waals surface area contributed by atoms with Crippen molar-refractivity contribution in [3.05, 3.63) is 113 Å². The molecule has 3 aromatic carbocycles. The minimum Gasteiger partial charge on any atom is -0.394 e. The third-order valence-electron chi connectivity index (χ3n) is 8.94. The van der Waals surface area contributed by atoms with Crippen LogP contribution in [0.4, 0.5) is 5.69 Å². The molecule has 2 heterocycles. The van der Waals surface area contributed by atoms with Gasteiger partial charge in [0.1, 0.15) is 0 Å². The van der Waals surface area contributed by atoms with Crippen molar-refractivity contribution in [1.29, 1.82) is 0 Å². The predicted molar refractivity (Wildman–Crippen MR) is 189 cm³/mol. The van der Waals surface area contributed by atoms with Crippen molar-refractivity contribution in [3.63, 3.8) is 0 Å². The number of Topliss-reactive ketones (excluding diaryl/α,β-unsaturated/α-hetero) is 1. The molecule has 0 saturated heterocycles. The Morgan fingerprint density at radius 1 is 0.898 bits per heavy atom. The highest BCUT2D eigenvalue weighted by atomic mass is 16.3. The van der Waals surface area contributed by atoms with Crippen molar-refractivity contribution in [2.24, 2.45) is 0 Å². The van der Waals surface area contributed by atoms with Gasteiger partial charge in [-0.2, -0.15) is 5.10 Å². The van der Waals surface area contributed by atoms with Crippen molar-refractivity contribution < 1.29 is 24.3 Å². The fraction of sp³-hybridized carbons (Fsp3) is 0.359. The van der Waals surface area contributed by atoms with Crippen LogP contribution in [-0.2, 0) is 17.8 Å². The summed E-state index contributed by atoms with van der Waals surface area (Å²) in [6, 6.07) is 22.7. The van der Waals surface area contributed by atoms with Crippen LogP contribution in [0.1, 0.15) is 94.0 Å². The summed E-state index contributed by atoms with van der Waals surface area (Å²) < 4.78 is 1.59. The van der Waals surface area contributed by atoms with Gasteiger partial charge in [-0.1, -0.05) is 81.3 Å². The number of carbonyl (C=O) groups is 4. The molecule has 4 aromatic rings. The first-order valence-electron chi connectivity index (χ1n) is 17.1. The van der Waals surface area contributed by atoms with Crippen LogP contribution >= 0.6 is 0 Å². The van der Waals surface area contributed by atoms with E-state index < -0.39 is 11.9 Å². The van der Waals surface area contributed by atoms with Crippen molar-refractivity contribution >= 4 is 29.2 Å². The van der Waals surface area contributed by atoms with Crippen LogP contribution in [0.25, 0.3) is 5.69 Å². The Morgan fingerprint density at radius 3 is 2.24 bits per heavy atom. The summed E-state index contributed by atoms with van der Waals surface area (Å²) in [4.78, 5) is 57.4. The number of aliphatic hydroxyl groups is 1. The molecule has 0 fully saturated rings. The van der Waals surface area contributed by atoms with Gasteiger partial charge in [-0.15, -0.1) is 0 Å². The number of rotatable bonds is 14. The molecular formula is C39H45N5O5. The zero-order valence-corrected chi connectivity index (χ0v) is 28.5. The number of hydrogen-bond acceptors (Lipinski definition) is 6. The Balaban J connectivity index is 1.50. The van der Waals surface area contributed by atoms with Crippen LogP contribution < -0.4 is 5.32 Å². The fourth-order valence-corrected chi connectivity index (χ4v) is 6.19. The lowest BCUT2D eigenvalue weighted by Gasteiger charge is -2.36. The highest BCUT2D eigenvalue weighted by Crippen LogP contribution is 2.29. The molecule has 2 N–H and O–H groups in total. The average Bonchev–Trinajstić information content (AvgIpc) is 3.51. The van der Waals surface area contributed by atoms with Crippen LogP contribution in [0.5, 0.6) is 0 Å². The van der Waals surface area contributed by atoms with E-state index in [1.165, 1.54) is 0 Å². The number of nitrogens with zero attached hydrogens (tertiary/aromatic N) is 4.